The maximum atomic E-state index is 14.5. The van der Waals surface area contributed by atoms with Gasteiger partial charge in [-0.15, -0.1) is 10.2 Å². The highest BCUT2D eigenvalue weighted by molar-refractivity contribution is 5.85. The van der Waals surface area contributed by atoms with Crippen LogP contribution in [0.3, 0.4) is 0 Å². The van der Waals surface area contributed by atoms with Gasteiger partial charge in [0.15, 0.2) is 11.6 Å². The van der Waals surface area contributed by atoms with Gasteiger partial charge in [0.25, 0.3) is 0 Å². The van der Waals surface area contributed by atoms with Crippen LogP contribution < -0.4 is 4.90 Å². The fraction of sp³-hybridized carbons (Fsp3) is 0.360. The summed E-state index contributed by atoms with van der Waals surface area (Å²) >= 11 is 0. The molecule has 1 aliphatic rings. The second-order valence-electron chi connectivity index (χ2n) is 9.16. The normalized spacial score (nSPS) is 16.6. The van der Waals surface area contributed by atoms with Crippen LogP contribution in [0.15, 0.2) is 42.7 Å². The predicted molar refractivity (Wildman–Crippen MR) is 126 cm³/mol. The van der Waals surface area contributed by atoms with Gasteiger partial charge in [-0.25, -0.2) is 9.37 Å². The average Bonchev–Trinajstić information content (AvgIpc) is 3.20. The minimum atomic E-state index is -0.412. The van der Waals surface area contributed by atoms with E-state index in [-0.39, 0.29) is 5.75 Å². The molecule has 0 radical (unpaired) electrons. The molecular weight excluding hydrogens is 419 g/mol. The van der Waals surface area contributed by atoms with Crippen molar-refractivity contribution in [1.82, 2.24) is 25.0 Å². The van der Waals surface area contributed by atoms with Crippen LogP contribution in [0.2, 0.25) is 0 Å². The van der Waals surface area contributed by atoms with Crippen LogP contribution in [0, 0.1) is 17.7 Å². The molecule has 1 saturated heterocycles. The predicted octanol–water partition coefficient (Wildman–Crippen LogP) is 4.81. The van der Waals surface area contributed by atoms with E-state index in [1.165, 1.54) is 12.5 Å². The zero-order chi connectivity index (χ0) is 23.1. The number of benzene rings is 1. The number of aromatic nitrogens is 5. The monoisotopic (exact) mass is 446 g/mol. The summed E-state index contributed by atoms with van der Waals surface area (Å²) in [7, 11) is 1.75. The van der Waals surface area contributed by atoms with E-state index in [9.17, 15) is 9.50 Å². The Labute approximate surface area is 191 Å². The number of aryl methyl sites for hydroxylation is 1. The molecule has 0 amide bonds. The molecule has 33 heavy (non-hydrogen) atoms. The molecule has 1 aliphatic heterocycles. The highest BCUT2D eigenvalue weighted by Crippen LogP contribution is 2.33. The maximum Gasteiger partial charge on any atom is 0.151 e. The molecule has 5 rings (SSSR count). The summed E-state index contributed by atoms with van der Waals surface area (Å²) in [5.41, 5.74) is 2.39. The van der Waals surface area contributed by atoms with Gasteiger partial charge in [0.2, 0.25) is 0 Å². The first-order valence-electron chi connectivity index (χ1n) is 11.3. The quantitative estimate of drug-likeness (QED) is 0.485. The first kappa shape index (κ1) is 21.3. The third kappa shape index (κ3) is 4.13. The van der Waals surface area contributed by atoms with Gasteiger partial charge in [-0.05, 0) is 60.6 Å². The number of nitrogens with zero attached hydrogens (tertiary/aromatic N) is 6. The number of rotatable bonds is 4. The maximum absolute atomic E-state index is 14.5. The van der Waals surface area contributed by atoms with Gasteiger partial charge in [0, 0.05) is 43.5 Å². The van der Waals surface area contributed by atoms with Gasteiger partial charge >= 0.3 is 0 Å². The van der Waals surface area contributed by atoms with Crippen LogP contribution in [0.25, 0.3) is 33.4 Å². The van der Waals surface area contributed by atoms with Gasteiger partial charge in [0.05, 0.1) is 0 Å². The first-order chi connectivity index (χ1) is 15.9. The average molecular weight is 447 g/mol. The van der Waals surface area contributed by atoms with E-state index in [1.54, 1.807) is 30.2 Å². The van der Waals surface area contributed by atoms with Crippen LogP contribution in [-0.2, 0) is 7.05 Å². The third-order valence-electron chi connectivity index (χ3n) is 6.50. The molecule has 4 heterocycles. The van der Waals surface area contributed by atoms with Crippen molar-refractivity contribution in [2.45, 2.75) is 26.7 Å². The number of halogens is 1. The molecule has 8 heteroatoms. The molecule has 0 saturated carbocycles. The Bertz CT molecular complexity index is 1300. The SMILES string of the molecule is CC(C)[C@@H]1CCCN(c2ccc(-c3ncc(-c4cc(F)c5nn(C)cc5c4)cc3O)nn2)C1. The van der Waals surface area contributed by atoms with Crippen molar-refractivity contribution in [3.05, 3.63) is 48.5 Å². The lowest BCUT2D eigenvalue weighted by Gasteiger charge is -2.35. The largest absolute Gasteiger partial charge is 0.506 e. The van der Waals surface area contributed by atoms with Gasteiger partial charge in [-0.3, -0.25) is 4.68 Å². The fourth-order valence-corrected chi connectivity index (χ4v) is 4.57. The van der Waals surface area contributed by atoms with E-state index >= 15 is 0 Å². The third-order valence-corrected chi connectivity index (χ3v) is 6.50. The Kier molecular flexibility index (Phi) is 5.44. The topological polar surface area (TPSA) is 80.0 Å². The van der Waals surface area contributed by atoms with Crippen molar-refractivity contribution >= 4 is 16.7 Å². The Morgan fingerprint density at radius 2 is 1.97 bits per heavy atom. The highest BCUT2D eigenvalue weighted by Gasteiger charge is 2.23. The van der Waals surface area contributed by atoms with Crippen molar-refractivity contribution in [1.29, 1.82) is 0 Å². The standard InChI is InChI=1S/C25H27FN6O/c1-15(2)16-5-4-8-32(14-16)23-7-6-21(28-29-23)25-22(33)11-18(12-27-25)17-9-19-13-31(3)30-24(19)20(26)10-17/h6-7,9-13,15-16,33H,4-5,8,14H2,1-3H3/t16-/m1/s1. The number of piperidine rings is 1. The lowest BCUT2D eigenvalue weighted by Crippen LogP contribution is -2.37. The summed E-state index contributed by atoms with van der Waals surface area (Å²) in [4.78, 5) is 6.69. The first-order valence-corrected chi connectivity index (χ1v) is 11.3. The molecular formula is C25H27FN6O. The molecule has 0 aliphatic carbocycles. The van der Waals surface area contributed by atoms with E-state index in [1.807, 2.05) is 18.2 Å². The number of hydrogen-bond donors (Lipinski definition) is 1. The van der Waals surface area contributed by atoms with Crippen LogP contribution in [0.5, 0.6) is 5.75 Å². The summed E-state index contributed by atoms with van der Waals surface area (Å²) in [6.07, 6.45) is 5.77. The Balaban J connectivity index is 1.40. The van der Waals surface area contributed by atoms with E-state index in [2.05, 4.69) is 39.0 Å². The van der Waals surface area contributed by atoms with Crippen LogP contribution >= 0.6 is 0 Å². The van der Waals surface area contributed by atoms with Gasteiger partial charge in [0.1, 0.15) is 22.7 Å². The molecule has 3 aromatic heterocycles. The van der Waals surface area contributed by atoms with E-state index in [4.69, 9.17) is 0 Å². The summed E-state index contributed by atoms with van der Waals surface area (Å²) in [6, 6.07) is 8.59. The summed E-state index contributed by atoms with van der Waals surface area (Å²) in [5.74, 6) is 1.71. The molecule has 1 fully saturated rings. The number of hydrogen-bond acceptors (Lipinski definition) is 6. The number of aromatic hydroxyl groups is 1. The number of fused-ring (bicyclic) bond motifs is 1. The molecule has 4 aromatic rings. The second kappa shape index (κ2) is 8.42. The number of anilines is 1. The molecule has 170 valence electrons. The highest BCUT2D eigenvalue weighted by atomic mass is 19.1. The van der Waals surface area contributed by atoms with E-state index in [0.717, 1.165) is 25.3 Å². The Hall–Kier alpha value is -3.55. The van der Waals surface area contributed by atoms with Crippen molar-refractivity contribution in [3.8, 4) is 28.3 Å². The molecule has 7 nitrogen and oxygen atoms in total. The van der Waals surface area contributed by atoms with Gasteiger partial charge in [-0.2, -0.15) is 5.10 Å². The van der Waals surface area contributed by atoms with Crippen molar-refractivity contribution in [2.24, 2.45) is 18.9 Å². The van der Waals surface area contributed by atoms with Crippen LogP contribution in [0.4, 0.5) is 10.2 Å². The zero-order valence-electron chi connectivity index (χ0n) is 19.0. The summed E-state index contributed by atoms with van der Waals surface area (Å²) in [5, 5.41) is 24.2. The van der Waals surface area contributed by atoms with E-state index < -0.39 is 5.82 Å². The fourth-order valence-electron chi connectivity index (χ4n) is 4.57. The molecule has 1 atom stereocenters. The number of pyridine rings is 1. The smallest absolute Gasteiger partial charge is 0.151 e. The van der Waals surface area contributed by atoms with E-state index in [0.29, 0.717) is 45.3 Å². The molecule has 1 aromatic carbocycles. The summed E-state index contributed by atoms with van der Waals surface area (Å²) in [6.45, 7) is 6.50. The van der Waals surface area contributed by atoms with Gasteiger partial charge < -0.3 is 10.0 Å². The molecule has 0 unspecified atom stereocenters. The minimum Gasteiger partial charge on any atom is -0.506 e. The Morgan fingerprint density at radius 1 is 1.12 bits per heavy atom. The lowest BCUT2D eigenvalue weighted by atomic mass is 9.88. The second-order valence-corrected chi connectivity index (χ2v) is 9.16. The lowest BCUT2D eigenvalue weighted by molar-refractivity contribution is 0.320. The molecule has 0 spiro atoms. The Morgan fingerprint density at radius 3 is 2.70 bits per heavy atom. The van der Waals surface area contributed by atoms with Gasteiger partial charge in [-0.1, -0.05) is 13.8 Å². The van der Waals surface area contributed by atoms with Crippen LogP contribution in [-0.4, -0.2) is 43.2 Å². The zero-order valence-corrected chi connectivity index (χ0v) is 19.0. The minimum absolute atomic E-state index is 0.0286. The van der Waals surface area contributed by atoms with Crippen molar-refractivity contribution in [3.63, 3.8) is 0 Å². The van der Waals surface area contributed by atoms with Crippen molar-refractivity contribution < 1.29 is 9.50 Å². The van der Waals surface area contributed by atoms with Crippen LogP contribution in [0.1, 0.15) is 26.7 Å². The summed E-state index contributed by atoms with van der Waals surface area (Å²) < 4.78 is 16.0. The molecule has 0 bridgehead atoms. The van der Waals surface area contributed by atoms with Crippen molar-refractivity contribution in [2.75, 3.05) is 18.0 Å². The molecule has 1 N–H and O–H groups in total.